The normalized spacial score (nSPS) is 12.5. The van der Waals surface area contributed by atoms with Gasteiger partial charge in [-0.3, -0.25) is 5.10 Å². The van der Waals surface area contributed by atoms with Gasteiger partial charge in [0.2, 0.25) is 6.79 Å². The van der Waals surface area contributed by atoms with Crippen molar-refractivity contribution in [3.8, 4) is 17.2 Å². The molecule has 4 rings (SSSR count). The van der Waals surface area contributed by atoms with Crippen molar-refractivity contribution in [3.63, 3.8) is 0 Å². The highest BCUT2D eigenvalue weighted by atomic mass is 16.7. The number of hydrogen-bond acceptors (Lipinski definition) is 5. The zero-order chi connectivity index (χ0) is 18.5. The second-order valence-corrected chi connectivity index (χ2v) is 6.68. The number of nitrogens with one attached hydrogen (secondary N) is 1. The van der Waals surface area contributed by atoms with Gasteiger partial charge in [-0.2, -0.15) is 5.10 Å². The van der Waals surface area contributed by atoms with Gasteiger partial charge in [-0.15, -0.1) is 0 Å². The number of para-hydroxylation sites is 1. The average molecular weight is 365 g/mol. The Morgan fingerprint density at radius 2 is 2.00 bits per heavy atom. The molecule has 0 aliphatic carbocycles. The maximum Gasteiger partial charge on any atom is 0.231 e. The third-order valence-electron chi connectivity index (χ3n) is 4.58. The van der Waals surface area contributed by atoms with E-state index in [1.165, 1.54) is 11.1 Å². The van der Waals surface area contributed by atoms with Crippen LogP contribution in [0.15, 0.2) is 54.9 Å². The summed E-state index contributed by atoms with van der Waals surface area (Å²) in [5.74, 6) is 2.48. The Labute approximate surface area is 158 Å². The Hall–Kier alpha value is -2.99. The minimum absolute atomic E-state index is 0.285. The van der Waals surface area contributed by atoms with Gasteiger partial charge in [0.05, 0.1) is 6.20 Å². The minimum atomic E-state index is 0.285. The number of hydrogen-bond donors (Lipinski definition) is 1. The van der Waals surface area contributed by atoms with Crippen molar-refractivity contribution in [1.29, 1.82) is 0 Å². The van der Waals surface area contributed by atoms with Crippen LogP contribution in [0.2, 0.25) is 0 Å². The fourth-order valence-electron chi connectivity index (χ4n) is 3.07. The summed E-state index contributed by atoms with van der Waals surface area (Å²) in [7, 11) is 2.12. The van der Waals surface area contributed by atoms with Crippen LogP contribution in [0.3, 0.4) is 0 Å². The smallest absolute Gasteiger partial charge is 0.231 e. The maximum absolute atomic E-state index is 6.10. The van der Waals surface area contributed by atoms with Crippen LogP contribution in [0, 0.1) is 0 Å². The number of aromatic nitrogens is 2. The Balaban J connectivity index is 1.36. The van der Waals surface area contributed by atoms with Gasteiger partial charge in [-0.25, -0.2) is 0 Å². The third-order valence-corrected chi connectivity index (χ3v) is 4.58. The molecule has 1 aliphatic heterocycles. The number of ether oxygens (including phenoxy) is 3. The summed E-state index contributed by atoms with van der Waals surface area (Å²) >= 11 is 0. The minimum Gasteiger partial charge on any atom is -0.489 e. The predicted molar refractivity (Wildman–Crippen MR) is 102 cm³/mol. The molecule has 6 nitrogen and oxygen atoms in total. The molecular formula is C21H23N3O3. The SMILES string of the molecule is CN(CCc1cn[nH]c1)Cc1ccccc1OCc1ccc2c(c1)OCO2. The lowest BCUT2D eigenvalue weighted by Gasteiger charge is -2.19. The van der Waals surface area contributed by atoms with Crippen molar-refractivity contribution >= 4 is 0 Å². The first-order chi connectivity index (χ1) is 13.3. The van der Waals surface area contributed by atoms with E-state index >= 15 is 0 Å². The second kappa shape index (κ2) is 8.14. The summed E-state index contributed by atoms with van der Waals surface area (Å²) in [6, 6.07) is 14.1. The number of aromatic amines is 1. The average Bonchev–Trinajstić information content (AvgIpc) is 3.37. The van der Waals surface area contributed by atoms with Gasteiger partial charge in [-0.1, -0.05) is 24.3 Å². The molecule has 1 aliphatic rings. The first kappa shape index (κ1) is 17.4. The zero-order valence-electron chi connectivity index (χ0n) is 15.4. The Morgan fingerprint density at radius 3 is 2.89 bits per heavy atom. The highest BCUT2D eigenvalue weighted by Gasteiger charge is 2.14. The molecule has 140 valence electrons. The molecule has 27 heavy (non-hydrogen) atoms. The summed E-state index contributed by atoms with van der Waals surface area (Å²) in [6.45, 7) is 2.56. The molecule has 0 saturated carbocycles. The monoisotopic (exact) mass is 365 g/mol. The lowest BCUT2D eigenvalue weighted by molar-refractivity contribution is 0.174. The quantitative estimate of drug-likeness (QED) is 0.663. The van der Waals surface area contributed by atoms with Crippen LogP contribution in [0.1, 0.15) is 16.7 Å². The second-order valence-electron chi connectivity index (χ2n) is 6.68. The van der Waals surface area contributed by atoms with E-state index in [0.29, 0.717) is 6.61 Å². The lowest BCUT2D eigenvalue weighted by atomic mass is 10.1. The molecule has 1 N–H and O–H groups in total. The number of likely N-dealkylation sites (N-methyl/N-ethyl adjacent to an activating group) is 1. The van der Waals surface area contributed by atoms with E-state index in [0.717, 1.165) is 42.3 Å². The van der Waals surface area contributed by atoms with Crippen molar-refractivity contribution in [2.75, 3.05) is 20.4 Å². The van der Waals surface area contributed by atoms with Crippen molar-refractivity contribution in [2.24, 2.45) is 0 Å². The molecule has 0 amide bonds. The van der Waals surface area contributed by atoms with E-state index in [1.807, 2.05) is 48.8 Å². The highest BCUT2D eigenvalue weighted by Crippen LogP contribution is 2.33. The topological polar surface area (TPSA) is 59.6 Å². The molecule has 0 spiro atoms. The van der Waals surface area contributed by atoms with Crippen molar-refractivity contribution in [2.45, 2.75) is 19.6 Å². The molecule has 0 bridgehead atoms. The Bertz CT molecular complexity index is 880. The molecular weight excluding hydrogens is 342 g/mol. The summed E-state index contributed by atoms with van der Waals surface area (Å²) in [5.41, 5.74) is 3.45. The first-order valence-corrected chi connectivity index (χ1v) is 9.03. The van der Waals surface area contributed by atoms with E-state index in [9.17, 15) is 0 Å². The lowest BCUT2D eigenvalue weighted by Crippen LogP contribution is -2.21. The summed E-state index contributed by atoms with van der Waals surface area (Å²) in [4.78, 5) is 2.29. The highest BCUT2D eigenvalue weighted by molar-refractivity contribution is 5.44. The standard InChI is InChI=1S/C21H23N3O3/c1-24(9-8-17-11-22-23-12-17)13-18-4-2-3-5-19(18)25-14-16-6-7-20-21(10-16)27-15-26-20/h2-7,10-12H,8-9,13-15H2,1H3,(H,22,23). The number of H-pyrrole nitrogens is 1. The fraction of sp³-hybridized carbons (Fsp3) is 0.286. The van der Waals surface area contributed by atoms with Gasteiger partial charge in [0, 0.05) is 24.8 Å². The third kappa shape index (κ3) is 4.41. The predicted octanol–water partition coefficient (Wildman–Crippen LogP) is 3.39. The largest absolute Gasteiger partial charge is 0.489 e. The van der Waals surface area contributed by atoms with Gasteiger partial charge in [0.25, 0.3) is 0 Å². The Kier molecular flexibility index (Phi) is 5.25. The van der Waals surface area contributed by atoms with Gasteiger partial charge in [0.15, 0.2) is 11.5 Å². The molecule has 0 atom stereocenters. The van der Waals surface area contributed by atoms with E-state index < -0.39 is 0 Å². The molecule has 2 heterocycles. The molecule has 0 fully saturated rings. The maximum atomic E-state index is 6.10. The molecule has 0 unspecified atom stereocenters. The molecule has 6 heteroatoms. The van der Waals surface area contributed by atoms with Crippen LogP contribution >= 0.6 is 0 Å². The van der Waals surface area contributed by atoms with Crippen LogP contribution in [0.25, 0.3) is 0 Å². The van der Waals surface area contributed by atoms with Crippen LogP contribution in [0.4, 0.5) is 0 Å². The van der Waals surface area contributed by atoms with E-state index in [-0.39, 0.29) is 6.79 Å². The zero-order valence-corrected chi connectivity index (χ0v) is 15.4. The van der Waals surface area contributed by atoms with Gasteiger partial charge < -0.3 is 19.1 Å². The fourth-order valence-corrected chi connectivity index (χ4v) is 3.07. The van der Waals surface area contributed by atoms with Gasteiger partial charge >= 0.3 is 0 Å². The van der Waals surface area contributed by atoms with Crippen LogP contribution in [-0.2, 0) is 19.6 Å². The molecule has 0 saturated heterocycles. The van der Waals surface area contributed by atoms with Crippen molar-refractivity contribution in [3.05, 3.63) is 71.5 Å². The van der Waals surface area contributed by atoms with E-state index in [1.54, 1.807) is 0 Å². The van der Waals surface area contributed by atoms with E-state index in [2.05, 4.69) is 28.2 Å². The van der Waals surface area contributed by atoms with E-state index in [4.69, 9.17) is 14.2 Å². The number of benzene rings is 2. The van der Waals surface area contributed by atoms with Gasteiger partial charge in [-0.05, 0) is 42.8 Å². The number of rotatable bonds is 8. The summed E-state index contributed by atoms with van der Waals surface area (Å²) in [6.07, 6.45) is 4.78. The molecule has 3 aromatic rings. The van der Waals surface area contributed by atoms with Crippen LogP contribution in [0.5, 0.6) is 17.2 Å². The number of nitrogens with zero attached hydrogens (tertiary/aromatic N) is 2. The first-order valence-electron chi connectivity index (χ1n) is 9.03. The molecule has 0 radical (unpaired) electrons. The summed E-state index contributed by atoms with van der Waals surface area (Å²) < 4.78 is 16.9. The Morgan fingerprint density at radius 1 is 1.11 bits per heavy atom. The summed E-state index contributed by atoms with van der Waals surface area (Å²) in [5, 5.41) is 6.85. The van der Waals surface area contributed by atoms with Gasteiger partial charge in [0.1, 0.15) is 12.4 Å². The number of fused-ring (bicyclic) bond motifs is 1. The van der Waals surface area contributed by atoms with Crippen LogP contribution < -0.4 is 14.2 Å². The van der Waals surface area contributed by atoms with Crippen molar-refractivity contribution < 1.29 is 14.2 Å². The van der Waals surface area contributed by atoms with Crippen LogP contribution in [-0.4, -0.2) is 35.5 Å². The molecule has 1 aromatic heterocycles. The van der Waals surface area contributed by atoms with Crippen molar-refractivity contribution in [1.82, 2.24) is 15.1 Å². The molecule has 2 aromatic carbocycles.